The second-order valence-electron chi connectivity index (χ2n) is 3.91. The first-order valence-corrected chi connectivity index (χ1v) is 5.67. The maximum atomic E-state index is 11.8. The summed E-state index contributed by atoms with van der Waals surface area (Å²) in [4.78, 5) is 24.8. The van der Waals surface area contributed by atoms with E-state index in [9.17, 15) is 9.59 Å². The van der Waals surface area contributed by atoms with E-state index in [2.05, 4.69) is 5.32 Å². The van der Waals surface area contributed by atoms with Gasteiger partial charge in [-0.05, 0) is 14.0 Å². The van der Waals surface area contributed by atoms with E-state index in [1.54, 1.807) is 24.1 Å². The molecule has 0 unspecified atom stereocenters. The summed E-state index contributed by atoms with van der Waals surface area (Å²) in [5, 5.41) is 2.70. The summed E-state index contributed by atoms with van der Waals surface area (Å²) in [6.07, 6.45) is 0. The molecule has 1 N–H and O–H groups in total. The molecule has 1 rings (SSSR count). The summed E-state index contributed by atoms with van der Waals surface area (Å²) in [5.74, 6) is -0.0340. The summed E-state index contributed by atoms with van der Waals surface area (Å²) >= 11 is 0. The zero-order valence-electron chi connectivity index (χ0n) is 10.3. The minimum absolute atomic E-state index is 0.0254. The molecule has 4 nitrogen and oxygen atoms in total. The van der Waals surface area contributed by atoms with Gasteiger partial charge < -0.3 is 5.32 Å². The Hall–Kier alpha value is -1.68. The predicted octanol–water partition coefficient (Wildman–Crippen LogP) is 0.937. The molecule has 0 aliphatic heterocycles. The molecule has 0 spiro atoms. The molecule has 0 fully saturated rings. The molecule has 0 bridgehead atoms. The Morgan fingerprint density at radius 3 is 2.41 bits per heavy atom. The van der Waals surface area contributed by atoms with Crippen LogP contribution in [0.4, 0.5) is 0 Å². The first-order chi connectivity index (χ1) is 8.13. The molecule has 0 radical (unpaired) electrons. The van der Waals surface area contributed by atoms with Crippen molar-refractivity contribution in [2.75, 3.05) is 26.7 Å². The largest absolute Gasteiger partial charge is 0.355 e. The number of nitrogens with zero attached hydrogens (tertiary/aromatic N) is 1. The molecular formula is C13H18N2O2. The molecule has 1 aromatic rings. The van der Waals surface area contributed by atoms with Crippen LogP contribution < -0.4 is 5.32 Å². The molecule has 1 aromatic carbocycles. The van der Waals surface area contributed by atoms with Gasteiger partial charge in [0.15, 0.2) is 5.78 Å². The molecule has 4 heteroatoms. The highest BCUT2D eigenvalue weighted by Gasteiger charge is 2.11. The third-order valence-electron chi connectivity index (χ3n) is 2.30. The van der Waals surface area contributed by atoms with Crippen LogP contribution in [0.25, 0.3) is 0 Å². The lowest BCUT2D eigenvalue weighted by Gasteiger charge is -2.14. The third-order valence-corrected chi connectivity index (χ3v) is 2.30. The zero-order chi connectivity index (χ0) is 12.7. The van der Waals surface area contributed by atoms with Gasteiger partial charge >= 0.3 is 0 Å². The monoisotopic (exact) mass is 234 g/mol. The van der Waals surface area contributed by atoms with Crippen molar-refractivity contribution in [3.8, 4) is 0 Å². The van der Waals surface area contributed by atoms with Crippen molar-refractivity contribution >= 4 is 11.7 Å². The van der Waals surface area contributed by atoms with E-state index in [1.165, 1.54) is 0 Å². The van der Waals surface area contributed by atoms with Crippen molar-refractivity contribution in [1.82, 2.24) is 10.2 Å². The van der Waals surface area contributed by atoms with Gasteiger partial charge in [0.1, 0.15) is 0 Å². The number of benzene rings is 1. The van der Waals surface area contributed by atoms with Crippen LogP contribution >= 0.6 is 0 Å². The fourth-order valence-electron chi connectivity index (χ4n) is 1.51. The van der Waals surface area contributed by atoms with Crippen molar-refractivity contribution < 1.29 is 9.59 Å². The predicted molar refractivity (Wildman–Crippen MR) is 67.0 cm³/mol. The molecule has 0 aromatic heterocycles. The number of rotatable bonds is 6. The average molecular weight is 234 g/mol. The molecule has 17 heavy (non-hydrogen) atoms. The molecular weight excluding hydrogens is 216 g/mol. The van der Waals surface area contributed by atoms with E-state index in [-0.39, 0.29) is 24.8 Å². The smallest absolute Gasteiger partial charge is 0.234 e. The van der Waals surface area contributed by atoms with Gasteiger partial charge in [0.25, 0.3) is 0 Å². The second-order valence-corrected chi connectivity index (χ2v) is 3.91. The SMILES string of the molecule is CCNC(=O)CN(C)CC(=O)c1ccccc1. The van der Waals surface area contributed by atoms with Crippen LogP contribution in [0, 0.1) is 0 Å². The highest BCUT2D eigenvalue weighted by Crippen LogP contribution is 2.00. The minimum atomic E-state index is -0.0594. The Labute approximate surface area is 102 Å². The number of carbonyl (C=O) groups excluding carboxylic acids is 2. The third kappa shape index (κ3) is 4.78. The summed E-state index contributed by atoms with van der Waals surface area (Å²) in [7, 11) is 1.76. The summed E-state index contributed by atoms with van der Waals surface area (Å²) in [6.45, 7) is 2.97. The van der Waals surface area contributed by atoms with E-state index in [4.69, 9.17) is 0 Å². The van der Waals surface area contributed by atoms with Crippen LogP contribution in [0.3, 0.4) is 0 Å². The molecule has 0 saturated heterocycles. The molecule has 92 valence electrons. The first-order valence-electron chi connectivity index (χ1n) is 5.67. The van der Waals surface area contributed by atoms with E-state index < -0.39 is 0 Å². The van der Waals surface area contributed by atoms with Crippen molar-refractivity contribution in [2.45, 2.75) is 6.92 Å². The summed E-state index contributed by atoms with van der Waals surface area (Å²) < 4.78 is 0. The van der Waals surface area contributed by atoms with E-state index in [0.717, 1.165) is 0 Å². The highest BCUT2D eigenvalue weighted by atomic mass is 16.2. The Balaban J connectivity index is 2.44. The van der Waals surface area contributed by atoms with Gasteiger partial charge in [-0.15, -0.1) is 0 Å². The fraction of sp³-hybridized carbons (Fsp3) is 0.385. The van der Waals surface area contributed by atoms with Crippen LogP contribution in [-0.4, -0.2) is 43.3 Å². The first kappa shape index (κ1) is 13.4. The highest BCUT2D eigenvalue weighted by molar-refractivity contribution is 5.97. The Morgan fingerprint density at radius 1 is 1.18 bits per heavy atom. The fourth-order valence-corrected chi connectivity index (χ4v) is 1.51. The van der Waals surface area contributed by atoms with Gasteiger partial charge in [0, 0.05) is 12.1 Å². The Morgan fingerprint density at radius 2 is 1.82 bits per heavy atom. The Kier molecular flexibility index (Phi) is 5.36. The number of amides is 1. The van der Waals surface area contributed by atoms with Crippen LogP contribution in [0.5, 0.6) is 0 Å². The summed E-state index contributed by atoms with van der Waals surface area (Å²) in [5.41, 5.74) is 0.676. The maximum absolute atomic E-state index is 11.8. The lowest BCUT2D eigenvalue weighted by molar-refractivity contribution is -0.121. The number of ketones is 1. The van der Waals surface area contributed by atoms with Crippen LogP contribution in [0.2, 0.25) is 0 Å². The lowest BCUT2D eigenvalue weighted by atomic mass is 10.1. The van der Waals surface area contributed by atoms with Gasteiger partial charge in [-0.3, -0.25) is 14.5 Å². The van der Waals surface area contributed by atoms with Crippen molar-refractivity contribution in [2.24, 2.45) is 0 Å². The molecule has 0 saturated carbocycles. The molecule has 0 aliphatic carbocycles. The lowest BCUT2D eigenvalue weighted by Crippen LogP contribution is -2.37. The zero-order valence-corrected chi connectivity index (χ0v) is 10.3. The number of nitrogens with one attached hydrogen (secondary N) is 1. The van der Waals surface area contributed by atoms with E-state index in [1.807, 2.05) is 25.1 Å². The van der Waals surface area contributed by atoms with Crippen molar-refractivity contribution in [3.05, 3.63) is 35.9 Å². The normalized spacial score (nSPS) is 10.3. The van der Waals surface area contributed by atoms with E-state index >= 15 is 0 Å². The van der Waals surface area contributed by atoms with Crippen LogP contribution in [-0.2, 0) is 4.79 Å². The number of hydrogen-bond donors (Lipinski definition) is 1. The maximum Gasteiger partial charge on any atom is 0.234 e. The van der Waals surface area contributed by atoms with Gasteiger partial charge in [-0.2, -0.15) is 0 Å². The molecule has 0 aliphatic rings. The Bertz CT molecular complexity index is 376. The van der Waals surface area contributed by atoms with Crippen molar-refractivity contribution in [3.63, 3.8) is 0 Å². The standard InChI is InChI=1S/C13H18N2O2/c1-3-14-13(17)10-15(2)9-12(16)11-7-5-4-6-8-11/h4-8H,3,9-10H2,1-2H3,(H,14,17). The van der Waals surface area contributed by atoms with Gasteiger partial charge in [0.2, 0.25) is 5.91 Å². The van der Waals surface area contributed by atoms with Crippen LogP contribution in [0.1, 0.15) is 17.3 Å². The number of likely N-dealkylation sites (N-methyl/N-ethyl adjacent to an activating group) is 2. The molecule has 0 atom stereocenters. The molecule has 0 heterocycles. The average Bonchev–Trinajstić information content (AvgIpc) is 2.30. The van der Waals surface area contributed by atoms with Gasteiger partial charge in [-0.1, -0.05) is 30.3 Å². The topological polar surface area (TPSA) is 49.4 Å². The van der Waals surface area contributed by atoms with Gasteiger partial charge in [0.05, 0.1) is 13.1 Å². The quantitative estimate of drug-likeness (QED) is 0.745. The minimum Gasteiger partial charge on any atom is -0.355 e. The molecule has 1 amide bonds. The van der Waals surface area contributed by atoms with Crippen LogP contribution in [0.15, 0.2) is 30.3 Å². The number of Topliss-reactive ketones (excluding diaryl/α,β-unsaturated/α-hetero) is 1. The summed E-state index contributed by atoms with van der Waals surface area (Å²) in [6, 6.07) is 9.09. The van der Waals surface area contributed by atoms with Crippen molar-refractivity contribution in [1.29, 1.82) is 0 Å². The van der Waals surface area contributed by atoms with E-state index in [0.29, 0.717) is 12.1 Å². The number of carbonyl (C=O) groups is 2. The second kappa shape index (κ2) is 6.81. The number of hydrogen-bond acceptors (Lipinski definition) is 3. The van der Waals surface area contributed by atoms with Gasteiger partial charge in [-0.25, -0.2) is 0 Å².